The molecule has 0 saturated heterocycles. The maximum atomic E-state index is 9.87. The average Bonchev–Trinajstić information content (AvgIpc) is 1.83. The largest absolute Gasteiger partial charge is 0.276 e. The van der Waals surface area contributed by atoms with Crippen LogP contribution in [-0.4, -0.2) is 17.6 Å². The highest BCUT2D eigenvalue weighted by atomic mass is 16.1. The van der Waals surface area contributed by atoms with E-state index in [1.165, 1.54) is 12.4 Å². The molecular formula is C5H8N2O. The molecular weight excluding hydrogens is 104 g/mol. The fourth-order valence-electron chi connectivity index (χ4n) is 0.251. The fourth-order valence-corrected chi connectivity index (χ4v) is 0.251. The van der Waals surface area contributed by atoms with Gasteiger partial charge in [0.05, 0.1) is 0 Å². The van der Waals surface area contributed by atoms with Crippen LogP contribution in [0, 0.1) is 0 Å². The first kappa shape index (κ1) is 6.88. The monoisotopic (exact) mass is 112 g/mol. The summed E-state index contributed by atoms with van der Waals surface area (Å²) in [6, 6.07) is 0. The number of hydrogen-bond acceptors (Lipinski definition) is 2. The summed E-state index contributed by atoms with van der Waals surface area (Å²) in [5.74, 6) is 0. The van der Waals surface area contributed by atoms with Gasteiger partial charge in [0.25, 0.3) is 0 Å². The van der Waals surface area contributed by atoms with Gasteiger partial charge in [-0.25, -0.2) is 5.01 Å². The van der Waals surface area contributed by atoms with Gasteiger partial charge in [0.15, 0.2) is 0 Å². The van der Waals surface area contributed by atoms with Crippen molar-refractivity contribution in [2.45, 2.75) is 6.92 Å². The highest BCUT2D eigenvalue weighted by Gasteiger charge is 1.82. The van der Waals surface area contributed by atoms with Gasteiger partial charge in [0.2, 0.25) is 6.41 Å². The molecule has 0 aliphatic rings. The molecule has 0 aliphatic carbocycles. The molecule has 1 amide bonds. The third-order valence-corrected chi connectivity index (χ3v) is 0.544. The lowest BCUT2D eigenvalue weighted by Gasteiger charge is -1.98. The second kappa shape index (κ2) is 4.05. The van der Waals surface area contributed by atoms with Gasteiger partial charge < -0.3 is 0 Å². The minimum Gasteiger partial charge on any atom is -0.276 e. The number of nitrogens with zero attached hydrogens (tertiary/aromatic N) is 2. The predicted molar refractivity (Wildman–Crippen MR) is 32.3 cm³/mol. The lowest BCUT2D eigenvalue weighted by molar-refractivity contribution is -0.115. The smallest absolute Gasteiger partial charge is 0.234 e. The first-order valence-corrected chi connectivity index (χ1v) is 2.20. The van der Waals surface area contributed by atoms with Crippen molar-refractivity contribution in [2.24, 2.45) is 5.10 Å². The zero-order chi connectivity index (χ0) is 6.41. The summed E-state index contributed by atoms with van der Waals surface area (Å²) in [6.07, 6.45) is 3.41. The number of rotatable bonds is 3. The molecule has 0 rings (SSSR count). The first-order valence-electron chi connectivity index (χ1n) is 2.20. The third-order valence-electron chi connectivity index (χ3n) is 0.544. The van der Waals surface area contributed by atoms with E-state index < -0.39 is 0 Å². The van der Waals surface area contributed by atoms with Gasteiger partial charge in [-0.05, 0) is 6.92 Å². The molecule has 0 saturated carbocycles. The van der Waals surface area contributed by atoms with Crippen molar-refractivity contribution < 1.29 is 4.79 Å². The molecule has 0 fully saturated rings. The second-order valence-electron chi connectivity index (χ2n) is 1.04. The predicted octanol–water partition coefficient (Wildman–Crippen LogP) is 0.594. The van der Waals surface area contributed by atoms with Crippen molar-refractivity contribution in [3.63, 3.8) is 0 Å². The molecule has 0 spiro atoms. The van der Waals surface area contributed by atoms with Crippen LogP contribution in [0.5, 0.6) is 0 Å². The number of carbonyl (C=O) groups excluding carboxylic acids is 1. The molecule has 0 aromatic carbocycles. The Labute approximate surface area is 48.3 Å². The molecule has 0 heterocycles. The average molecular weight is 112 g/mol. The van der Waals surface area contributed by atoms with Crippen molar-refractivity contribution in [1.82, 2.24) is 5.01 Å². The molecule has 3 nitrogen and oxygen atoms in total. The fraction of sp³-hybridized carbons (Fsp3) is 0.200. The standard InChI is InChI=1S/C5H8N2O/c1-3-6-7(4-2)5-8/h3-5H,2H2,1H3. The normalized spacial score (nSPS) is 9.12. The SMILES string of the molecule is C=CN(C=O)N=CC. The summed E-state index contributed by atoms with van der Waals surface area (Å²) in [4.78, 5) is 9.87. The Morgan fingerprint density at radius 2 is 2.38 bits per heavy atom. The van der Waals surface area contributed by atoms with Crippen molar-refractivity contribution in [2.75, 3.05) is 0 Å². The van der Waals surface area contributed by atoms with E-state index in [9.17, 15) is 4.79 Å². The van der Waals surface area contributed by atoms with E-state index in [2.05, 4.69) is 11.7 Å². The molecule has 0 atom stereocenters. The van der Waals surface area contributed by atoms with Gasteiger partial charge >= 0.3 is 0 Å². The van der Waals surface area contributed by atoms with Gasteiger partial charge in [-0.2, -0.15) is 5.10 Å². The van der Waals surface area contributed by atoms with Crippen molar-refractivity contribution >= 4 is 12.6 Å². The van der Waals surface area contributed by atoms with Crippen LogP contribution in [0.4, 0.5) is 0 Å². The highest BCUT2D eigenvalue weighted by molar-refractivity contribution is 5.57. The molecule has 44 valence electrons. The molecule has 0 aromatic rings. The van der Waals surface area contributed by atoms with Gasteiger partial charge in [0.1, 0.15) is 0 Å². The van der Waals surface area contributed by atoms with Crippen molar-refractivity contribution in [3.8, 4) is 0 Å². The van der Waals surface area contributed by atoms with Crippen LogP contribution in [0.25, 0.3) is 0 Å². The van der Waals surface area contributed by atoms with Gasteiger partial charge in [0, 0.05) is 12.4 Å². The van der Waals surface area contributed by atoms with Crippen molar-refractivity contribution in [1.29, 1.82) is 0 Å². The Balaban J connectivity index is 3.69. The van der Waals surface area contributed by atoms with Crippen LogP contribution in [0.3, 0.4) is 0 Å². The van der Waals surface area contributed by atoms with Gasteiger partial charge in [-0.3, -0.25) is 4.79 Å². The molecule has 0 bridgehead atoms. The maximum Gasteiger partial charge on any atom is 0.234 e. The molecule has 0 unspecified atom stereocenters. The first-order chi connectivity index (χ1) is 3.85. The summed E-state index contributed by atoms with van der Waals surface area (Å²) in [5, 5.41) is 4.67. The van der Waals surface area contributed by atoms with Crippen LogP contribution in [-0.2, 0) is 4.79 Å². The van der Waals surface area contributed by atoms with Crippen LogP contribution >= 0.6 is 0 Å². The summed E-state index contributed by atoms with van der Waals surface area (Å²) in [5.41, 5.74) is 0. The molecule has 0 aliphatic heterocycles. The van der Waals surface area contributed by atoms with E-state index in [0.717, 1.165) is 5.01 Å². The molecule has 0 radical (unpaired) electrons. The minimum absolute atomic E-state index is 0.576. The number of hydrazone groups is 1. The van der Waals surface area contributed by atoms with Gasteiger partial charge in [-0.15, -0.1) is 0 Å². The van der Waals surface area contributed by atoms with Crippen LogP contribution in [0.2, 0.25) is 0 Å². The molecule has 0 aromatic heterocycles. The number of hydrogen-bond donors (Lipinski definition) is 0. The van der Waals surface area contributed by atoms with E-state index in [1.807, 2.05) is 0 Å². The lowest BCUT2D eigenvalue weighted by Crippen LogP contribution is -2.04. The zero-order valence-electron chi connectivity index (χ0n) is 4.74. The highest BCUT2D eigenvalue weighted by Crippen LogP contribution is 1.79. The Morgan fingerprint density at radius 1 is 1.75 bits per heavy atom. The summed E-state index contributed by atoms with van der Waals surface area (Å²) in [7, 11) is 0. The quantitative estimate of drug-likeness (QED) is 0.299. The molecule has 8 heavy (non-hydrogen) atoms. The Morgan fingerprint density at radius 3 is 2.50 bits per heavy atom. The van der Waals surface area contributed by atoms with Crippen LogP contribution in [0.15, 0.2) is 17.9 Å². The lowest BCUT2D eigenvalue weighted by atomic mass is 10.9. The van der Waals surface area contributed by atoms with Crippen LogP contribution < -0.4 is 0 Å². The summed E-state index contributed by atoms with van der Waals surface area (Å²) in [6.45, 7) is 5.05. The zero-order valence-corrected chi connectivity index (χ0v) is 4.74. The van der Waals surface area contributed by atoms with E-state index in [4.69, 9.17) is 0 Å². The van der Waals surface area contributed by atoms with E-state index in [0.29, 0.717) is 6.41 Å². The third kappa shape index (κ3) is 2.12. The van der Waals surface area contributed by atoms with E-state index in [-0.39, 0.29) is 0 Å². The Hall–Kier alpha value is -1.12. The summed E-state index contributed by atoms with van der Waals surface area (Å²) >= 11 is 0. The maximum absolute atomic E-state index is 9.87. The van der Waals surface area contributed by atoms with Crippen molar-refractivity contribution in [3.05, 3.63) is 12.8 Å². The van der Waals surface area contributed by atoms with Crippen LogP contribution in [0.1, 0.15) is 6.92 Å². The number of carbonyl (C=O) groups is 1. The summed E-state index contributed by atoms with van der Waals surface area (Å²) < 4.78 is 0. The van der Waals surface area contributed by atoms with Gasteiger partial charge in [-0.1, -0.05) is 6.58 Å². The Bertz CT molecular complexity index is 101. The molecule has 3 heteroatoms. The van der Waals surface area contributed by atoms with E-state index >= 15 is 0 Å². The number of amides is 1. The second-order valence-corrected chi connectivity index (χ2v) is 1.04. The topological polar surface area (TPSA) is 32.7 Å². The minimum atomic E-state index is 0.576. The molecule has 0 N–H and O–H groups in total. The van der Waals surface area contributed by atoms with E-state index in [1.54, 1.807) is 6.92 Å². The Kier molecular flexibility index (Phi) is 3.48.